The minimum absolute atomic E-state index is 0.0314. The Labute approximate surface area is 100 Å². The van der Waals surface area contributed by atoms with Crippen molar-refractivity contribution in [1.29, 1.82) is 0 Å². The van der Waals surface area contributed by atoms with Crippen LogP contribution in [0, 0.1) is 0 Å². The van der Waals surface area contributed by atoms with Crippen LogP contribution in [-0.2, 0) is 4.79 Å². The van der Waals surface area contributed by atoms with E-state index < -0.39 is 6.10 Å². The molecule has 2 N–H and O–H groups in total. The van der Waals surface area contributed by atoms with Crippen molar-refractivity contribution in [1.82, 2.24) is 10.3 Å². The summed E-state index contributed by atoms with van der Waals surface area (Å²) in [5.41, 5.74) is 0.785. The second kappa shape index (κ2) is 5.14. The summed E-state index contributed by atoms with van der Waals surface area (Å²) in [5, 5.41) is 12.2. The summed E-state index contributed by atoms with van der Waals surface area (Å²) in [6.07, 6.45) is 2.07. The Morgan fingerprint density at radius 3 is 3.00 bits per heavy atom. The molecule has 1 saturated heterocycles. The number of aliphatic hydroxyl groups excluding tert-OH is 1. The lowest BCUT2D eigenvalue weighted by atomic mass is 10.2. The second-order valence-corrected chi connectivity index (χ2v) is 4.25. The van der Waals surface area contributed by atoms with E-state index in [4.69, 9.17) is 0 Å². The van der Waals surface area contributed by atoms with E-state index in [1.165, 1.54) is 0 Å². The molecule has 92 valence electrons. The molecule has 1 aliphatic heterocycles. The summed E-state index contributed by atoms with van der Waals surface area (Å²) in [4.78, 5) is 17.7. The molecule has 1 fully saturated rings. The number of anilines is 1. The Balaban J connectivity index is 2.12. The Hall–Kier alpha value is -1.62. The third-order valence-electron chi connectivity index (χ3n) is 2.84. The monoisotopic (exact) mass is 235 g/mol. The molecular formula is C12H17N3O2. The second-order valence-electron chi connectivity index (χ2n) is 4.25. The standard InChI is InChI=1S/C12H17N3O2/c1-9(16)10-3-4-11(14-7-10)15-6-2-5-13-12(17)8-15/h3-4,7,9,16H,2,5-6,8H2,1H3,(H,13,17)/t9-/m1/s1. The van der Waals surface area contributed by atoms with Crippen LogP contribution < -0.4 is 10.2 Å². The van der Waals surface area contributed by atoms with Gasteiger partial charge in [-0.1, -0.05) is 6.07 Å². The van der Waals surface area contributed by atoms with Gasteiger partial charge in [-0.25, -0.2) is 4.98 Å². The Bertz CT molecular complexity index is 389. The topological polar surface area (TPSA) is 65.5 Å². The molecular weight excluding hydrogens is 218 g/mol. The minimum Gasteiger partial charge on any atom is -0.389 e. The fourth-order valence-corrected chi connectivity index (χ4v) is 1.83. The molecule has 5 heteroatoms. The number of hydrogen-bond donors (Lipinski definition) is 2. The molecule has 17 heavy (non-hydrogen) atoms. The number of aliphatic hydroxyl groups is 1. The zero-order valence-corrected chi connectivity index (χ0v) is 9.89. The maximum Gasteiger partial charge on any atom is 0.239 e. The van der Waals surface area contributed by atoms with Crippen LogP contribution in [0.5, 0.6) is 0 Å². The van der Waals surface area contributed by atoms with Crippen LogP contribution in [0.2, 0.25) is 0 Å². The molecule has 2 rings (SSSR count). The molecule has 0 spiro atoms. The minimum atomic E-state index is -0.510. The molecule has 1 atom stereocenters. The van der Waals surface area contributed by atoms with E-state index in [2.05, 4.69) is 10.3 Å². The number of nitrogens with zero attached hydrogens (tertiary/aromatic N) is 2. The average Bonchev–Trinajstić information content (AvgIpc) is 2.54. The van der Waals surface area contributed by atoms with Crippen LogP contribution in [0.4, 0.5) is 5.82 Å². The first-order valence-electron chi connectivity index (χ1n) is 5.82. The van der Waals surface area contributed by atoms with Gasteiger partial charge in [0.15, 0.2) is 0 Å². The molecule has 1 aromatic rings. The zero-order chi connectivity index (χ0) is 12.3. The van der Waals surface area contributed by atoms with Crippen molar-refractivity contribution in [2.24, 2.45) is 0 Å². The molecule has 5 nitrogen and oxygen atoms in total. The van der Waals surface area contributed by atoms with Crippen molar-refractivity contribution in [2.75, 3.05) is 24.5 Å². The summed E-state index contributed by atoms with van der Waals surface area (Å²) in [6.45, 7) is 3.60. The Morgan fingerprint density at radius 2 is 2.35 bits per heavy atom. The quantitative estimate of drug-likeness (QED) is 0.781. The van der Waals surface area contributed by atoms with Gasteiger partial charge in [0, 0.05) is 19.3 Å². The van der Waals surface area contributed by atoms with E-state index in [0.717, 1.165) is 30.9 Å². The first kappa shape index (κ1) is 11.9. The van der Waals surface area contributed by atoms with Crippen molar-refractivity contribution in [3.05, 3.63) is 23.9 Å². The van der Waals surface area contributed by atoms with E-state index >= 15 is 0 Å². The first-order valence-corrected chi connectivity index (χ1v) is 5.82. The maximum absolute atomic E-state index is 11.4. The fraction of sp³-hybridized carbons (Fsp3) is 0.500. The molecule has 1 aromatic heterocycles. The number of hydrogen-bond acceptors (Lipinski definition) is 4. The number of pyridine rings is 1. The highest BCUT2D eigenvalue weighted by atomic mass is 16.3. The van der Waals surface area contributed by atoms with Gasteiger partial charge in [0.25, 0.3) is 0 Å². The van der Waals surface area contributed by atoms with Crippen LogP contribution in [0.25, 0.3) is 0 Å². The highest BCUT2D eigenvalue weighted by Crippen LogP contribution is 2.16. The lowest BCUT2D eigenvalue weighted by Crippen LogP contribution is -2.33. The largest absolute Gasteiger partial charge is 0.389 e. The lowest BCUT2D eigenvalue weighted by Gasteiger charge is -2.20. The molecule has 0 aliphatic carbocycles. The molecule has 0 radical (unpaired) electrons. The predicted octanol–water partition coefficient (Wildman–Crippen LogP) is 0.461. The van der Waals surface area contributed by atoms with Crippen LogP contribution in [0.3, 0.4) is 0 Å². The molecule has 2 heterocycles. The van der Waals surface area contributed by atoms with Gasteiger partial charge in [0.05, 0.1) is 12.6 Å². The fourth-order valence-electron chi connectivity index (χ4n) is 1.83. The highest BCUT2D eigenvalue weighted by molar-refractivity contribution is 5.81. The van der Waals surface area contributed by atoms with Gasteiger partial charge < -0.3 is 15.3 Å². The zero-order valence-electron chi connectivity index (χ0n) is 9.89. The predicted molar refractivity (Wildman–Crippen MR) is 64.7 cm³/mol. The number of carbonyl (C=O) groups excluding carboxylic acids is 1. The molecule has 0 bridgehead atoms. The van der Waals surface area contributed by atoms with Crippen molar-refractivity contribution in [2.45, 2.75) is 19.4 Å². The maximum atomic E-state index is 11.4. The Kier molecular flexibility index (Phi) is 3.58. The van der Waals surface area contributed by atoms with Gasteiger partial charge in [0.1, 0.15) is 5.82 Å². The number of carbonyl (C=O) groups is 1. The average molecular weight is 235 g/mol. The van der Waals surface area contributed by atoms with Gasteiger partial charge >= 0.3 is 0 Å². The number of amides is 1. The van der Waals surface area contributed by atoms with E-state index in [9.17, 15) is 9.90 Å². The normalized spacial score (nSPS) is 18.5. The molecule has 0 unspecified atom stereocenters. The summed E-state index contributed by atoms with van der Waals surface area (Å²) >= 11 is 0. The molecule has 1 amide bonds. The van der Waals surface area contributed by atoms with Crippen molar-refractivity contribution in [3.8, 4) is 0 Å². The van der Waals surface area contributed by atoms with Crippen LogP contribution in [0.15, 0.2) is 18.3 Å². The lowest BCUT2D eigenvalue weighted by molar-refractivity contribution is -0.119. The molecule has 1 aliphatic rings. The van der Waals surface area contributed by atoms with Crippen molar-refractivity contribution >= 4 is 11.7 Å². The smallest absolute Gasteiger partial charge is 0.239 e. The van der Waals surface area contributed by atoms with Gasteiger partial charge in [0.2, 0.25) is 5.91 Å². The van der Waals surface area contributed by atoms with Gasteiger partial charge in [-0.05, 0) is 25.0 Å². The van der Waals surface area contributed by atoms with E-state index in [-0.39, 0.29) is 5.91 Å². The summed E-state index contributed by atoms with van der Waals surface area (Å²) in [7, 11) is 0. The van der Waals surface area contributed by atoms with Crippen molar-refractivity contribution < 1.29 is 9.90 Å². The number of aromatic nitrogens is 1. The Morgan fingerprint density at radius 1 is 1.53 bits per heavy atom. The third kappa shape index (κ3) is 2.94. The van der Waals surface area contributed by atoms with E-state index in [1.54, 1.807) is 13.1 Å². The van der Waals surface area contributed by atoms with Crippen LogP contribution >= 0.6 is 0 Å². The van der Waals surface area contributed by atoms with E-state index in [0.29, 0.717) is 6.54 Å². The van der Waals surface area contributed by atoms with Crippen LogP contribution in [-0.4, -0.2) is 35.6 Å². The summed E-state index contributed by atoms with van der Waals surface area (Å²) in [5.74, 6) is 0.815. The van der Waals surface area contributed by atoms with Crippen molar-refractivity contribution in [3.63, 3.8) is 0 Å². The molecule has 0 saturated carbocycles. The third-order valence-corrected chi connectivity index (χ3v) is 2.84. The summed E-state index contributed by atoms with van der Waals surface area (Å²) < 4.78 is 0. The highest BCUT2D eigenvalue weighted by Gasteiger charge is 2.15. The van der Waals surface area contributed by atoms with Gasteiger partial charge in [-0.15, -0.1) is 0 Å². The summed E-state index contributed by atoms with van der Waals surface area (Å²) in [6, 6.07) is 3.69. The molecule has 0 aromatic carbocycles. The number of nitrogens with one attached hydrogen (secondary N) is 1. The van der Waals surface area contributed by atoms with E-state index in [1.807, 2.05) is 17.0 Å². The first-order chi connectivity index (χ1) is 8.16. The van der Waals surface area contributed by atoms with Gasteiger partial charge in [-0.2, -0.15) is 0 Å². The number of rotatable bonds is 2. The van der Waals surface area contributed by atoms with Crippen LogP contribution in [0.1, 0.15) is 25.0 Å². The van der Waals surface area contributed by atoms with Gasteiger partial charge in [-0.3, -0.25) is 4.79 Å². The SMILES string of the molecule is C[C@@H](O)c1ccc(N2CCCNC(=O)C2)nc1.